The highest BCUT2D eigenvalue weighted by molar-refractivity contribution is 14.0. The molecule has 3 N–H and O–H groups in total. The molecule has 0 aliphatic rings. The Labute approximate surface area is 174 Å². The van der Waals surface area contributed by atoms with Crippen LogP contribution in [0.1, 0.15) is 12.0 Å². The van der Waals surface area contributed by atoms with Gasteiger partial charge in [0, 0.05) is 26.7 Å². The van der Waals surface area contributed by atoms with Crippen LogP contribution in [0.25, 0.3) is 0 Å². The summed E-state index contributed by atoms with van der Waals surface area (Å²) in [4.78, 5) is 4.03. The lowest BCUT2D eigenvalue weighted by Gasteiger charge is -2.13. The largest absolute Gasteiger partial charge is 0.484 e. The molecule has 1 aromatic rings. The number of hydrogen-bond acceptors (Lipinski definition) is 4. The van der Waals surface area contributed by atoms with Crippen molar-refractivity contribution in [3.8, 4) is 5.75 Å². The van der Waals surface area contributed by atoms with E-state index >= 15 is 0 Å². The molecule has 0 heterocycles. The summed E-state index contributed by atoms with van der Waals surface area (Å²) in [6.07, 6.45) is -2.69. The van der Waals surface area contributed by atoms with Gasteiger partial charge in [0.05, 0.1) is 6.26 Å². The second kappa shape index (κ2) is 12.2. The zero-order chi connectivity index (χ0) is 19.6. The summed E-state index contributed by atoms with van der Waals surface area (Å²) in [5.74, 6) is 0.675. The van der Waals surface area contributed by atoms with Gasteiger partial charge in [0.15, 0.2) is 12.6 Å². The number of rotatable bonds is 9. The van der Waals surface area contributed by atoms with Crippen molar-refractivity contribution in [2.45, 2.75) is 19.1 Å². The van der Waals surface area contributed by atoms with Gasteiger partial charge < -0.3 is 15.4 Å². The maximum Gasteiger partial charge on any atom is 0.422 e. The molecule has 156 valence electrons. The van der Waals surface area contributed by atoms with E-state index in [1.54, 1.807) is 19.2 Å². The average Bonchev–Trinajstić information content (AvgIpc) is 2.54. The summed E-state index contributed by atoms with van der Waals surface area (Å²) < 4.78 is 65.1. The Morgan fingerprint density at radius 2 is 1.78 bits per heavy atom. The van der Waals surface area contributed by atoms with Crippen LogP contribution in [0, 0.1) is 0 Å². The number of halogens is 4. The van der Waals surface area contributed by atoms with Gasteiger partial charge in [-0.25, -0.2) is 13.1 Å². The van der Waals surface area contributed by atoms with Crippen LogP contribution in [0.2, 0.25) is 0 Å². The van der Waals surface area contributed by atoms with E-state index in [-0.39, 0.29) is 29.7 Å². The molecule has 0 unspecified atom stereocenters. The molecular weight excluding hydrogens is 500 g/mol. The molecule has 0 aliphatic heterocycles. The van der Waals surface area contributed by atoms with Crippen LogP contribution in [0.3, 0.4) is 0 Å². The molecule has 7 nitrogen and oxygen atoms in total. The van der Waals surface area contributed by atoms with Gasteiger partial charge in [-0.2, -0.15) is 13.2 Å². The molecule has 0 atom stereocenters. The van der Waals surface area contributed by atoms with Crippen molar-refractivity contribution in [3.63, 3.8) is 0 Å². The standard InChI is InChI=1S/C15H23F3N4O3S.HI/c1-19-14(20-8-3-9-22-26(2,23)24)21-10-12-4-6-13(7-5-12)25-11-15(16,17)18;/h4-7,22H,3,8-11H2,1-2H3,(H2,19,20,21);1H. The van der Waals surface area contributed by atoms with Crippen molar-refractivity contribution < 1.29 is 26.3 Å². The van der Waals surface area contributed by atoms with Crippen LogP contribution in [0.15, 0.2) is 29.3 Å². The Morgan fingerprint density at radius 3 is 2.30 bits per heavy atom. The SMILES string of the molecule is CN=C(NCCCNS(C)(=O)=O)NCc1ccc(OCC(F)(F)F)cc1.I. The smallest absolute Gasteiger partial charge is 0.422 e. The minimum absolute atomic E-state index is 0. The van der Waals surface area contributed by atoms with Crippen LogP contribution in [-0.4, -0.2) is 53.6 Å². The van der Waals surface area contributed by atoms with Crippen LogP contribution in [0.5, 0.6) is 5.75 Å². The van der Waals surface area contributed by atoms with E-state index in [0.29, 0.717) is 32.0 Å². The lowest BCUT2D eigenvalue weighted by Crippen LogP contribution is -2.38. The van der Waals surface area contributed by atoms with E-state index in [2.05, 4.69) is 25.1 Å². The highest BCUT2D eigenvalue weighted by atomic mass is 127. The number of sulfonamides is 1. The van der Waals surface area contributed by atoms with Crippen LogP contribution >= 0.6 is 24.0 Å². The minimum atomic E-state index is -4.37. The molecule has 1 aromatic carbocycles. The number of guanidine groups is 1. The third-order valence-corrected chi connectivity index (χ3v) is 3.75. The van der Waals surface area contributed by atoms with Crippen molar-refractivity contribution in [1.82, 2.24) is 15.4 Å². The molecule has 27 heavy (non-hydrogen) atoms. The average molecular weight is 524 g/mol. The molecule has 12 heteroatoms. The van der Waals surface area contributed by atoms with Crippen molar-refractivity contribution in [2.24, 2.45) is 4.99 Å². The molecule has 0 spiro atoms. The summed E-state index contributed by atoms with van der Waals surface area (Å²) in [6, 6.07) is 6.25. The first-order chi connectivity index (χ1) is 12.1. The van der Waals surface area contributed by atoms with Gasteiger partial charge in [-0.05, 0) is 24.1 Å². The van der Waals surface area contributed by atoms with Crippen molar-refractivity contribution in [1.29, 1.82) is 0 Å². The van der Waals surface area contributed by atoms with E-state index in [1.165, 1.54) is 12.1 Å². The predicted molar refractivity (Wildman–Crippen MR) is 109 cm³/mol. The molecule has 0 amide bonds. The Hall–Kier alpha value is -1.28. The predicted octanol–water partition coefficient (Wildman–Crippen LogP) is 1.85. The third kappa shape index (κ3) is 13.5. The number of alkyl halides is 3. The van der Waals surface area contributed by atoms with E-state index in [4.69, 9.17) is 0 Å². The molecule has 0 aliphatic carbocycles. The number of nitrogens with one attached hydrogen (secondary N) is 3. The second-order valence-corrected chi connectivity index (χ2v) is 7.25. The van der Waals surface area contributed by atoms with Crippen molar-refractivity contribution in [2.75, 3.05) is 33.0 Å². The topological polar surface area (TPSA) is 91.8 Å². The summed E-state index contributed by atoms with van der Waals surface area (Å²) in [5.41, 5.74) is 0.839. The fourth-order valence-electron chi connectivity index (χ4n) is 1.83. The number of aliphatic imine (C=N–C) groups is 1. The van der Waals surface area contributed by atoms with Gasteiger partial charge in [-0.15, -0.1) is 24.0 Å². The monoisotopic (exact) mass is 524 g/mol. The maximum absolute atomic E-state index is 12.1. The van der Waals surface area contributed by atoms with Gasteiger partial charge in [-0.3, -0.25) is 4.99 Å². The number of benzene rings is 1. The molecule has 1 rings (SSSR count). The summed E-state index contributed by atoms with van der Waals surface area (Å²) in [7, 11) is -1.59. The molecular formula is C15H24F3IN4O3S. The molecule has 0 radical (unpaired) electrons. The first-order valence-electron chi connectivity index (χ1n) is 7.77. The molecule has 0 saturated heterocycles. The first-order valence-corrected chi connectivity index (χ1v) is 9.66. The lowest BCUT2D eigenvalue weighted by molar-refractivity contribution is -0.153. The quantitative estimate of drug-likeness (QED) is 0.199. The molecule has 0 aromatic heterocycles. The van der Waals surface area contributed by atoms with E-state index in [1.807, 2.05) is 0 Å². The molecule has 0 fully saturated rings. The third-order valence-electron chi connectivity index (χ3n) is 3.02. The van der Waals surface area contributed by atoms with Gasteiger partial charge >= 0.3 is 6.18 Å². The normalized spacial score (nSPS) is 12.3. The second-order valence-electron chi connectivity index (χ2n) is 5.42. The highest BCUT2D eigenvalue weighted by Crippen LogP contribution is 2.18. The van der Waals surface area contributed by atoms with Crippen LogP contribution in [0.4, 0.5) is 13.2 Å². The zero-order valence-corrected chi connectivity index (χ0v) is 18.1. The fourth-order valence-corrected chi connectivity index (χ4v) is 2.34. The van der Waals surface area contributed by atoms with Gasteiger partial charge in [-0.1, -0.05) is 12.1 Å². The Bertz CT molecular complexity index is 683. The van der Waals surface area contributed by atoms with Gasteiger partial charge in [0.2, 0.25) is 10.0 Å². The number of hydrogen-bond donors (Lipinski definition) is 3. The Kier molecular flexibility index (Phi) is 11.7. The molecule has 0 bridgehead atoms. The summed E-state index contributed by atoms with van der Waals surface area (Å²) in [6.45, 7) is -0.0647. The summed E-state index contributed by atoms with van der Waals surface area (Å²) in [5, 5.41) is 6.08. The lowest BCUT2D eigenvalue weighted by atomic mass is 10.2. The number of ether oxygens (including phenoxy) is 1. The molecule has 0 saturated carbocycles. The van der Waals surface area contributed by atoms with Crippen molar-refractivity contribution >= 4 is 40.0 Å². The fraction of sp³-hybridized carbons (Fsp3) is 0.533. The summed E-state index contributed by atoms with van der Waals surface area (Å²) >= 11 is 0. The Balaban J connectivity index is 0.00000676. The van der Waals surface area contributed by atoms with Gasteiger partial charge in [0.25, 0.3) is 0 Å². The van der Waals surface area contributed by atoms with Crippen LogP contribution < -0.4 is 20.1 Å². The van der Waals surface area contributed by atoms with E-state index in [9.17, 15) is 21.6 Å². The first kappa shape index (κ1) is 25.7. The van der Waals surface area contributed by atoms with E-state index < -0.39 is 22.8 Å². The van der Waals surface area contributed by atoms with E-state index in [0.717, 1.165) is 11.8 Å². The van der Waals surface area contributed by atoms with Crippen LogP contribution in [-0.2, 0) is 16.6 Å². The maximum atomic E-state index is 12.1. The highest BCUT2D eigenvalue weighted by Gasteiger charge is 2.28. The number of nitrogens with zero attached hydrogens (tertiary/aromatic N) is 1. The van der Waals surface area contributed by atoms with Crippen molar-refractivity contribution in [3.05, 3.63) is 29.8 Å². The zero-order valence-electron chi connectivity index (χ0n) is 15.0. The Morgan fingerprint density at radius 1 is 1.15 bits per heavy atom. The minimum Gasteiger partial charge on any atom is -0.484 e. The van der Waals surface area contributed by atoms with Gasteiger partial charge in [0.1, 0.15) is 5.75 Å².